The van der Waals surface area contributed by atoms with Crippen LogP contribution >= 0.6 is 11.6 Å². The Kier molecular flexibility index (Phi) is 6.32. The molecule has 0 spiro atoms. The van der Waals surface area contributed by atoms with Crippen molar-refractivity contribution >= 4 is 29.1 Å². The highest BCUT2D eigenvalue weighted by Gasteiger charge is 2.11. The standard InChI is InChI=1S/C13H18ClN3O2/c1-2-7-16-13(19)10-4-3-9(8-11(10)14)17-12(18)5-6-15/h3-4,8H,2,5-7,15H2,1H3,(H,16,19)(H,17,18). The van der Waals surface area contributed by atoms with Crippen LogP contribution in [-0.4, -0.2) is 24.9 Å². The zero-order chi connectivity index (χ0) is 14.3. The highest BCUT2D eigenvalue weighted by Crippen LogP contribution is 2.21. The van der Waals surface area contributed by atoms with Gasteiger partial charge in [0.05, 0.1) is 10.6 Å². The zero-order valence-electron chi connectivity index (χ0n) is 10.8. The minimum atomic E-state index is -0.216. The molecule has 0 aliphatic carbocycles. The molecule has 6 heteroatoms. The first-order valence-corrected chi connectivity index (χ1v) is 6.54. The fourth-order valence-corrected chi connectivity index (χ4v) is 1.73. The van der Waals surface area contributed by atoms with Crippen molar-refractivity contribution in [3.05, 3.63) is 28.8 Å². The SMILES string of the molecule is CCCNC(=O)c1ccc(NC(=O)CCN)cc1Cl. The Labute approximate surface area is 117 Å². The maximum Gasteiger partial charge on any atom is 0.252 e. The molecule has 4 N–H and O–H groups in total. The molecule has 1 aromatic carbocycles. The molecule has 5 nitrogen and oxygen atoms in total. The van der Waals surface area contributed by atoms with E-state index in [0.717, 1.165) is 6.42 Å². The Morgan fingerprint density at radius 2 is 2.11 bits per heavy atom. The van der Waals surface area contributed by atoms with Gasteiger partial charge in [0.25, 0.3) is 5.91 Å². The largest absolute Gasteiger partial charge is 0.352 e. The molecule has 0 saturated carbocycles. The number of benzene rings is 1. The second-order valence-electron chi connectivity index (χ2n) is 4.04. The van der Waals surface area contributed by atoms with Crippen LogP contribution in [0.3, 0.4) is 0 Å². The number of anilines is 1. The van der Waals surface area contributed by atoms with Crippen LogP contribution in [-0.2, 0) is 4.79 Å². The molecule has 0 radical (unpaired) electrons. The third kappa shape index (κ3) is 4.89. The van der Waals surface area contributed by atoms with E-state index in [2.05, 4.69) is 10.6 Å². The molecule has 1 aromatic rings. The molecule has 0 aromatic heterocycles. The van der Waals surface area contributed by atoms with E-state index in [9.17, 15) is 9.59 Å². The number of amides is 2. The van der Waals surface area contributed by atoms with Crippen LogP contribution in [0.2, 0.25) is 5.02 Å². The monoisotopic (exact) mass is 283 g/mol. The summed E-state index contributed by atoms with van der Waals surface area (Å²) >= 11 is 6.03. The molecular formula is C13H18ClN3O2. The highest BCUT2D eigenvalue weighted by atomic mass is 35.5. The second-order valence-corrected chi connectivity index (χ2v) is 4.44. The van der Waals surface area contributed by atoms with E-state index in [1.54, 1.807) is 18.2 Å². The predicted molar refractivity (Wildman–Crippen MR) is 76.4 cm³/mol. The summed E-state index contributed by atoms with van der Waals surface area (Å²) in [7, 11) is 0. The predicted octanol–water partition coefficient (Wildman–Crippen LogP) is 1.77. The Morgan fingerprint density at radius 1 is 1.37 bits per heavy atom. The number of rotatable bonds is 6. The lowest BCUT2D eigenvalue weighted by molar-refractivity contribution is -0.116. The molecule has 104 valence electrons. The average molecular weight is 284 g/mol. The van der Waals surface area contributed by atoms with Crippen LogP contribution in [0.4, 0.5) is 5.69 Å². The van der Waals surface area contributed by atoms with Gasteiger partial charge in [0.15, 0.2) is 0 Å². The van der Waals surface area contributed by atoms with Crippen LogP contribution in [0, 0.1) is 0 Å². The smallest absolute Gasteiger partial charge is 0.252 e. The van der Waals surface area contributed by atoms with Crippen LogP contribution in [0.25, 0.3) is 0 Å². The molecule has 0 atom stereocenters. The minimum absolute atomic E-state index is 0.179. The molecule has 0 fully saturated rings. The zero-order valence-corrected chi connectivity index (χ0v) is 11.6. The molecule has 0 bridgehead atoms. The van der Waals surface area contributed by atoms with Gasteiger partial charge in [-0.05, 0) is 24.6 Å². The molecular weight excluding hydrogens is 266 g/mol. The molecule has 0 heterocycles. The Hall–Kier alpha value is -1.59. The van der Waals surface area contributed by atoms with Gasteiger partial charge < -0.3 is 16.4 Å². The van der Waals surface area contributed by atoms with Crippen LogP contribution in [0.5, 0.6) is 0 Å². The number of hydrogen-bond acceptors (Lipinski definition) is 3. The highest BCUT2D eigenvalue weighted by molar-refractivity contribution is 6.34. The third-order valence-corrected chi connectivity index (χ3v) is 2.72. The number of carbonyl (C=O) groups excluding carboxylic acids is 2. The van der Waals surface area contributed by atoms with Crippen LogP contribution in [0.15, 0.2) is 18.2 Å². The maximum absolute atomic E-state index is 11.8. The van der Waals surface area contributed by atoms with Gasteiger partial charge >= 0.3 is 0 Å². The van der Waals surface area contributed by atoms with Crippen molar-refractivity contribution in [2.24, 2.45) is 5.73 Å². The van der Waals surface area contributed by atoms with E-state index in [1.165, 1.54) is 0 Å². The molecule has 1 rings (SSSR count). The van der Waals surface area contributed by atoms with Crippen molar-refractivity contribution in [1.29, 1.82) is 0 Å². The lowest BCUT2D eigenvalue weighted by atomic mass is 10.2. The van der Waals surface area contributed by atoms with Crippen molar-refractivity contribution in [3.8, 4) is 0 Å². The van der Waals surface area contributed by atoms with E-state index in [1.807, 2.05) is 6.92 Å². The quantitative estimate of drug-likeness (QED) is 0.744. The number of nitrogens with two attached hydrogens (primary N) is 1. The summed E-state index contributed by atoms with van der Waals surface area (Å²) in [6.07, 6.45) is 1.10. The van der Waals surface area contributed by atoms with E-state index in [0.29, 0.717) is 22.8 Å². The summed E-state index contributed by atoms with van der Waals surface area (Å²) in [6.45, 7) is 2.86. The van der Waals surface area contributed by atoms with E-state index in [-0.39, 0.29) is 24.8 Å². The lowest BCUT2D eigenvalue weighted by Crippen LogP contribution is -2.24. The summed E-state index contributed by atoms with van der Waals surface area (Å²) in [5, 5.41) is 5.71. The van der Waals surface area contributed by atoms with Gasteiger partial charge in [0, 0.05) is 25.2 Å². The summed E-state index contributed by atoms with van der Waals surface area (Å²) in [5.41, 5.74) is 6.23. The first-order valence-electron chi connectivity index (χ1n) is 6.16. The molecule has 0 aliphatic rings. The molecule has 2 amide bonds. The number of nitrogens with one attached hydrogen (secondary N) is 2. The number of hydrogen-bond donors (Lipinski definition) is 3. The van der Waals surface area contributed by atoms with Gasteiger partial charge in [-0.15, -0.1) is 0 Å². The van der Waals surface area contributed by atoms with Gasteiger partial charge in [0.2, 0.25) is 5.91 Å². The molecule has 0 aliphatic heterocycles. The minimum Gasteiger partial charge on any atom is -0.352 e. The third-order valence-electron chi connectivity index (χ3n) is 2.40. The van der Waals surface area contributed by atoms with Gasteiger partial charge in [-0.3, -0.25) is 9.59 Å². The number of carbonyl (C=O) groups is 2. The van der Waals surface area contributed by atoms with Gasteiger partial charge in [-0.25, -0.2) is 0 Å². The molecule has 0 saturated heterocycles. The Bertz CT molecular complexity index is 463. The van der Waals surface area contributed by atoms with Gasteiger partial charge in [-0.2, -0.15) is 0 Å². The van der Waals surface area contributed by atoms with E-state index >= 15 is 0 Å². The van der Waals surface area contributed by atoms with Crippen LogP contribution in [0.1, 0.15) is 30.1 Å². The Morgan fingerprint density at radius 3 is 2.68 bits per heavy atom. The lowest BCUT2D eigenvalue weighted by Gasteiger charge is -2.08. The van der Waals surface area contributed by atoms with E-state index in [4.69, 9.17) is 17.3 Å². The van der Waals surface area contributed by atoms with Crippen molar-refractivity contribution in [3.63, 3.8) is 0 Å². The fraction of sp³-hybridized carbons (Fsp3) is 0.385. The average Bonchev–Trinajstić information content (AvgIpc) is 2.36. The van der Waals surface area contributed by atoms with Gasteiger partial charge in [-0.1, -0.05) is 18.5 Å². The summed E-state index contributed by atoms with van der Waals surface area (Å²) < 4.78 is 0. The molecule has 0 unspecified atom stereocenters. The van der Waals surface area contributed by atoms with Crippen LogP contribution < -0.4 is 16.4 Å². The summed E-state index contributed by atoms with van der Waals surface area (Å²) in [5.74, 6) is -0.395. The van der Waals surface area contributed by atoms with Crippen molar-refractivity contribution < 1.29 is 9.59 Å². The fourth-order valence-electron chi connectivity index (χ4n) is 1.47. The Balaban J connectivity index is 2.74. The maximum atomic E-state index is 11.8. The van der Waals surface area contributed by atoms with E-state index < -0.39 is 0 Å². The van der Waals surface area contributed by atoms with Crippen molar-refractivity contribution in [2.75, 3.05) is 18.4 Å². The summed E-state index contributed by atoms with van der Waals surface area (Å²) in [6, 6.07) is 4.78. The normalized spacial score (nSPS) is 10.1. The first kappa shape index (κ1) is 15.5. The first-order chi connectivity index (χ1) is 9.08. The van der Waals surface area contributed by atoms with Crippen molar-refractivity contribution in [1.82, 2.24) is 5.32 Å². The molecule has 19 heavy (non-hydrogen) atoms. The van der Waals surface area contributed by atoms with Gasteiger partial charge in [0.1, 0.15) is 0 Å². The topological polar surface area (TPSA) is 84.2 Å². The van der Waals surface area contributed by atoms with Crippen molar-refractivity contribution in [2.45, 2.75) is 19.8 Å². The summed E-state index contributed by atoms with van der Waals surface area (Å²) in [4.78, 5) is 23.1. The number of halogens is 1. The second kappa shape index (κ2) is 7.76.